The third-order valence-electron chi connectivity index (χ3n) is 17.7. The van der Waals surface area contributed by atoms with Crippen LogP contribution in [0.4, 0.5) is 0 Å². The fourth-order valence-corrected chi connectivity index (χ4v) is 12.6. The quantitative estimate of drug-likeness (QED) is 0.0193. The fourth-order valence-electron chi connectivity index (χ4n) is 12.1. The van der Waals surface area contributed by atoms with Gasteiger partial charge in [-0.3, -0.25) is 9.35 Å². The summed E-state index contributed by atoms with van der Waals surface area (Å²) in [4.78, 5) is 13.2. The van der Waals surface area contributed by atoms with Gasteiger partial charge in [-0.15, -0.1) is 0 Å². The van der Waals surface area contributed by atoms with Crippen molar-refractivity contribution in [3.05, 3.63) is 24.3 Å². The molecule has 7 unspecified atom stereocenters. The largest absolute Gasteiger partial charge is 0.397 e. The van der Waals surface area contributed by atoms with Gasteiger partial charge in [-0.25, -0.2) is 4.18 Å². The average Bonchev–Trinajstić information content (AvgIpc) is 3.59. The van der Waals surface area contributed by atoms with E-state index < -0.39 is 59.9 Å². The van der Waals surface area contributed by atoms with Crippen LogP contribution in [0.2, 0.25) is 0 Å². The molecule has 1 aliphatic heterocycles. The Kier molecular flexibility index (Phi) is 59.0. The van der Waals surface area contributed by atoms with E-state index in [-0.39, 0.29) is 18.9 Å². The number of unbranched alkanes of at least 4 members (excludes halogenated alkanes) is 52. The van der Waals surface area contributed by atoms with Crippen molar-refractivity contribution in [3.8, 4) is 0 Å². The average molecular weight is 1230 g/mol. The number of carbonyl (C=O) groups excluding carboxylic acids is 1. The highest BCUT2D eigenvalue weighted by Gasteiger charge is 2.48. The Labute approximate surface area is 524 Å². The smallest absolute Gasteiger partial charge is 0.394 e. The molecule has 0 spiro atoms. The second kappa shape index (κ2) is 61.4. The number of aliphatic hydroxyl groups excluding tert-OH is 4. The molecule has 7 atom stereocenters. The molecule has 1 heterocycles. The molecule has 0 aliphatic carbocycles. The lowest BCUT2D eigenvalue weighted by atomic mass is 9.99. The molecule has 0 saturated carbocycles. The second-order valence-corrected chi connectivity index (χ2v) is 26.9. The van der Waals surface area contributed by atoms with Gasteiger partial charge in [0.1, 0.15) is 24.4 Å². The molecule has 1 rings (SSSR count). The second-order valence-electron chi connectivity index (χ2n) is 25.9. The van der Waals surface area contributed by atoms with Gasteiger partial charge >= 0.3 is 10.4 Å². The van der Waals surface area contributed by atoms with E-state index in [1.807, 2.05) is 6.08 Å². The van der Waals surface area contributed by atoms with Crippen LogP contribution in [0.3, 0.4) is 0 Å². The van der Waals surface area contributed by atoms with Gasteiger partial charge in [0.25, 0.3) is 0 Å². The molecule has 1 aliphatic rings. The minimum Gasteiger partial charge on any atom is -0.394 e. The molecule has 12 nitrogen and oxygen atoms in total. The van der Waals surface area contributed by atoms with Crippen LogP contribution in [0.5, 0.6) is 0 Å². The Morgan fingerprint density at radius 2 is 0.753 bits per heavy atom. The van der Waals surface area contributed by atoms with E-state index in [2.05, 4.69) is 35.5 Å². The number of carbonyl (C=O) groups is 1. The monoisotopic (exact) mass is 1230 g/mol. The number of hydrogen-bond donors (Lipinski definition) is 6. The molecule has 0 aromatic heterocycles. The molecule has 1 fully saturated rings. The van der Waals surface area contributed by atoms with Crippen molar-refractivity contribution in [1.29, 1.82) is 0 Å². The van der Waals surface area contributed by atoms with Gasteiger partial charge in [0.2, 0.25) is 5.91 Å². The molecular formula is C72H139NO11S. The summed E-state index contributed by atoms with van der Waals surface area (Å²) in [6.07, 6.45) is 71.2. The molecular weight excluding hydrogens is 1090 g/mol. The van der Waals surface area contributed by atoms with E-state index in [9.17, 15) is 38.2 Å². The Balaban J connectivity index is 2.20. The van der Waals surface area contributed by atoms with Gasteiger partial charge in [0, 0.05) is 6.42 Å². The number of aliphatic hydroxyl groups is 4. The highest BCUT2D eigenvalue weighted by Crippen LogP contribution is 2.27. The number of allylic oxidation sites excluding steroid dienone is 3. The number of amides is 1. The standard InChI is InChI=1S/C72H139NO11S/c1-3-5-7-9-11-13-15-17-19-21-23-25-27-28-29-30-31-32-33-34-35-36-37-38-40-42-44-46-48-50-52-54-56-58-60-62-68(76)73-65(64-82-72-70(78)71(84-85(79,80)81)69(77)67(63-74)83-72)66(75)61-59-57-55-53-51-49-47-45-43-41-39-26-24-22-20-18-16-14-12-10-8-6-4-2/h30-31,59,61,65-67,69-72,74-75,77-78H,3-29,32-58,60,62-64H2,1-2H3,(H,73,76)(H,79,80,81)/b31-30-,61-59+. The van der Waals surface area contributed by atoms with E-state index in [0.29, 0.717) is 6.42 Å². The number of hydrogen-bond acceptors (Lipinski definition) is 10. The first-order chi connectivity index (χ1) is 41.5. The van der Waals surface area contributed by atoms with Crippen LogP contribution in [0.15, 0.2) is 24.3 Å². The van der Waals surface area contributed by atoms with E-state index in [1.165, 1.54) is 308 Å². The molecule has 13 heteroatoms. The molecule has 0 radical (unpaired) electrons. The summed E-state index contributed by atoms with van der Waals surface area (Å²) in [7, 11) is -5.09. The molecule has 1 amide bonds. The SMILES string of the molecule is CCCCCCCCCCCCCCCC/C=C\CCCCCCCCCCCCCCCCCCCC(=O)NC(COC1OC(CO)C(O)C(OS(=O)(=O)O)C1O)C(O)/C=C/CCCCCCCCCCCCCCCCCCCCCCC. The number of nitrogens with one attached hydrogen (secondary N) is 1. The predicted octanol–water partition coefficient (Wildman–Crippen LogP) is 19.5. The van der Waals surface area contributed by atoms with Crippen molar-refractivity contribution in [2.24, 2.45) is 0 Å². The number of rotatable bonds is 66. The summed E-state index contributed by atoms with van der Waals surface area (Å²) in [5.41, 5.74) is 0. The van der Waals surface area contributed by atoms with Gasteiger partial charge in [0.15, 0.2) is 6.29 Å². The van der Waals surface area contributed by atoms with Gasteiger partial charge in [-0.1, -0.05) is 346 Å². The zero-order chi connectivity index (χ0) is 61.8. The van der Waals surface area contributed by atoms with E-state index in [0.717, 1.165) is 38.5 Å². The van der Waals surface area contributed by atoms with Crippen molar-refractivity contribution >= 4 is 16.3 Å². The first kappa shape index (κ1) is 81.6. The lowest BCUT2D eigenvalue weighted by Crippen LogP contribution is -2.61. The topological polar surface area (TPSA) is 192 Å². The van der Waals surface area contributed by atoms with Crippen molar-refractivity contribution < 1.29 is 51.8 Å². The summed E-state index contributed by atoms with van der Waals surface area (Å²) in [6, 6.07) is -0.944. The summed E-state index contributed by atoms with van der Waals surface area (Å²) in [6.45, 7) is 3.47. The van der Waals surface area contributed by atoms with Crippen LogP contribution in [-0.2, 0) is 28.9 Å². The van der Waals surface area contributed by atoms with Crippen LogP contribution in [0, 0.1) is 0 Å². The summed E-state index contributed by atoms with van der Waals surface area (Å²) in [5.74, 6) is -0.254. The maximum absolute atomic E-state index is 13.2. The lowest BCUT2D eigenvalue weighted by Gasteiger charge is -2.41. The highest BCUT2D eigenvalue weighted by atomic mass is 32.3. The van der Waals surface area contributed by atoms with Crippen molar-refractivity contribution in [2.45, 2.75) is 416 Å². The van der Waals surface area contributed by atoms with Crippen molar-refractivity contribution in [1.82, 2.24) is 5.32 Å². The first-order valence-corrected chi connectivity index (χ1v) is 38.1. The Morgan fingerprint density at radius 1 is 0.459 bits per heavy atom. The van der Waals surface area contributed by atoms with Crippen LogP contribution < -0.4 is 5.32 Å². The van der Waals surface area contributed by atoms with Crippen LogP contribution >= 0.6 is 0 Å². The fraction of sp³-hybridized carbons (Fsp3) is 0.931. The first-order valence-electron chi connectivity index (χ1n) is 36.7. The maximum Gasteiger partial charge on any atom is 0.397 e. The number of ether oxygens (including phenoxy) is 2. The Hall–Kier alpha value is -1.42. The van der Waals surface area contributed by atoms with Gasteiger partial charge in [0.05, 0.1) is 25.4 Å². The van der Waals surface area contributed by atoms with Crippen molar-refractivity contribution in [3.63, 3.8) is 0 Å². The Bertz CT molecular complexity index is 1580. The Morgan fingerprint density at radius 3 is 1.06 bits per heavy atom. The molecule has 0 aromatic rings. The molecule has 1 saturated heterocycles. The maximum atomic E-state index is 13.2. The minimum absolute atomic E-state index is 0.254. The molecule has 0 aromatic carbocycles. The lowest BCUT2D eigenvalue weighted by molar-refractivity contribution is -0.298. The molecule has 6 N–H and O–H groups in total. The molecule has 85 heavy (non-hydrogen) atoms. The minimum atomic E-state index is -5.09. The summed E-state index contributed by atoms with van der Waals surface area (Å²) in [5, 5.41) is 45.2. The normalized spacial score (nSPS) is 18.3. The van der Waals surface area contributed by atoms with Gasteiger partial charge in [-0.2, -0.15) is 8.42 Å². The van der Waals surface area contributed by atoms with Crippen LogP contribution in [0.25, 0.3) is 0 Å². The van der Waals surface area contributed by atoms with Gasteiger partial charge < -0.3 is 35.2 Å². The predicted molar refractivity (Wildman–Crippen MR) is 356 cm³/mol. The third-order valence-corrected chi connectivity index (χ3v) is 18.2. The van der Waals surface area contributed by atoms with E-state index in [4.69, 9.17) is 9.47 Å². The summed E-state index contributed by atoms with van der Waals surface area (Å²) >= 11 is 0. The zero-order valence-electron chi connectivity index (χ0n) is 55.5. The van der Waals surface area contributed by atoms with E-state index in [1.54, 1.807) is 6.08 Å². The third kappa shape index (κ3) is 53.0. The molecule has 504 valence electrons. The van der Waals surface area contributed by atoms with Crippen molar-refractivity contribution in [2.75, 3.05) is 13.2 Å². The van der Waals surface area contributed by atoms with Crippen LogP contribution in [0.1, 0.15) is 373 Å². The summed E-state index contributed by atoms with van der Waals surface area (Å²) < 4.78 is 48.1. The van der Waals surface area contributed by atoms with E-state index >= 15 is 0 Å². The van der Waals surface area contributed by atoms with Crippen LogP contribution in [-0.4, -0.2) is 95.4 Å². The highest BCUT2D eigenvalue weighted by molar-refractivity contribution is 7.80. The van der Waals surface area contributed by atoms with Gasteiger partial charge in [-0.05, 0) is 44.9 Å². The molecule has 0 bridgehead atoms. The zero-order valence-corrected chi connectivity index (χ0v) is 56.3.